The summed E-state index contributed by atoms with van der Waals surface area (Å²) in [5, 5.41) is 12.8. The standard InChI is InChI=1S/C22H37N3O/c1-4-23-22(24-16-20(11-13-26)14-18(2)3)25-12-10-21(17-25)15-19-8-6-5-7-9-19/h5-9,18,20-21,26H,4,10-17H2,1-3H3,(H,23,24). The van der Waals surface area contributed by atoms with Crippen molar-refractivity contribution in [1.29, 1.82) is 0 Å². The Kier molecular flexibility index (Phi) is 8.96. The normalized spacial score (nSPS) is 19.2. The second-order valence-corrected chi connectivity index (χ2v) is 7.99. The predicted octanol–water partition coefficient (Wildman–Crippen LogP) is 3.56. The highest BCUT2D eigenvalue weighted by Crippen LogP contribution is 2.21. The van der Waals surface area contributed by atoms with Crippen molar-refractivity contribution in [3.8, 4) is 0 Å². The predicted molar refractivity (Wildman–Crippen MR) is 110 cm³/mol. The Morgan fingerprint density at radius 3 is 2.73 bits per heavy atom. The number of rotatable bonds is 9. The van der Waals surface area contributed by atoms with Gasteiger partial charge in [0.15, 0.2) is 5.96 Å². The summed E-state index contributed by atoms with van der Waals surface area (Å²) in [7, 11) is 0. The van der Waals surface area contributed by atoms with Crippen LogP contribution in [-0.4, -0.2) is 48.8 Å². The first kappa shape index (κ1) is 20.8. The smallest absolute Gasteiger partial charge is 0.193 e. The molecule has 0 aromatic heterocycles. The Labute approximate surface area is 159 Å². The Bertz CT molecular complexity index is 529. The highest BCUT2D eigenvalue weighted by molar-refractivity contribution is 5.80. The van der Waals surface area contributed by atoms with Crippen molar-refractivity contribution in [3.05, 3.63) is 35.9 Å². The molecule has 2 N–H and O–H groups in total. The highest BCUT2D eigenvalue weighted by Gasteiger charge is 2.25. The number of aliphatic hydroxyl groups excluding tert-OH is 1. The summed E-state index contributed by atoms with van der Waals surface area (Å²) in [4.78, 5) is 7.35. The van der Waals surface area contributed by atoms with Gasteiger partial charge in [-0.3, -0.25) is 4.99 Å². The van der Waals surface area contributed by atoms with Crippen LogP contribution < -0.4 is 5.32 Å². The Morgan fingerprint density at radius 2 is 2.08 bits per heavy atom. The summed E-state index contributed by atoms with van der Waals surface area (Å²) in [6.07, 6.45) is 4.35. The van der Waals surface area contributed by atoms with E-state index in [0.29, 0.717) is 17.8 Å². The van der Waals surface area contributed by atoms with E-state index in [1.54, 1.807) is 0 Å². The van der Waals surface area contributed by atoms with Gasteiger partial charge in [0.25, 0.3) is 0 Å². The third-order valence-electron chi connectivity index (χ3n) is 5.13. The molecule has 1 aromatic rings. The first-order valence-electron chi connectivity index (χ1n) is 10.3. The quantitative estimate of drug-likeness (QED) is 0.523. The van der Waals surface area contributed by atoms with Crippen LogP contribution in [0.15, 0.2) is 35.3 Å². The molecule has 2 rings (SSSR count). The van der Waals surface area contributed by atoms with Crippen LogP contribution in [0.4, 0.5) is 0 Å². The lowest BCUT2D eigenvalue weighted by Crippen LogP contribution is -2.40. The van der Waals surface area contributed by atoms with Crippen molar-refractivity contribution < 1.29 is 5.11 Å². The molecule has 2 unspecified atom stereocenters. The molecular weight excluding hydrogens is 322 g/mol. The van der Waals surface area contributed by atoms with Crippen molar-refractivity contribution in [2.45, 2.75) is 46.5 Å². The molecule has 2 atom stereocenters. The molecule has 0 amide bonds. The maximum absolute atomic E-state index is 9.33. The van der Waals surface area contributed by atoms with Gasteiger partial charge in [-0.05, 0) is 55.9 Å². The number of likely N-dealkylation sites (tertiary alicyclic amines) is 1. The summed E-state index contributed by atoms with van der Waals surface area (Å²) in [6, 6.07) is 10.8. The number of benzene rings is 1. The molecule has 0 aliphatic carbocycles. The number of nitrogens with zero attached hydrogens (tertiary/aromatic N) is 2. The lowest BCUT2D eigenvalue weighted by molar-refractivity contribution is 0.245. The molecule has 1 fully saturated rings. The SMILES string of the molecule is CCNC(=NCC(CCO)CC(C)C)N1CCC(Cc2ccccc2)C1. The molecule has 146 valence electrons. The second kappa shape index (κ2) is 11.2. The number of guanidine groups is 1. The monoisotopic (exact) mass is 359 g/mol. The molecule has 1 aliphatic heterocycles. The van der Waals surface area contributed by atoms with Crippen LogP contribution in [0, 0.1) is 17.8 Å². The molecular formula is C22H37N3O. The van der Waals surface area contributed by atoms with Gasteiger partial charge in [0, 0.05) is 32.8 Å². The van der Waals surface area contributed by atoms with Crippen LogP contribution in [-0.2, 0) is 6.42 Å². The van der Waals surface area contributed by atoms with Crippen molar-refractivity contribution in [2.75, 3.05) is 32.8 Å². The number of aliphatic imine (C=N–C) groups is 1. The van der Waals surface area contributed by atoms with E-state index in [1.165, 1.54) is 12.0 Å². The van der Waals surface area contributed by atoms with E-state index in [4.69, 9.17) is 4.99 Å². The topological polar surface area (TPSA) is 47.9 Å². The van der Waals surface area contributed by atoms with E-state index in [9.17, 15) is 5.11 Å². The van der Waals surface area contributed by atoms with Crippen molar-refractivity contribution in [3.63, 3.8) is 0 Å². The average Bonchev–Trinajstić information content (AvgIpc) is 3.07. The molecule has 1 aliphatic rings. The van der Waals surface area contributed by atoms with Gasteiger partial charge in [0.1, 0.15) is 0 Å². The Balaban J connectivity index is 1.93. The van der Waals surface area contributed by atoms with Crippen LogP contribution in [0.3, 0.4) is 0 Å². The van der Waals surface area contributed by atoms with E-state index in [2.05, 4.69) is 61.3 Å². The van der Waals surface area contributed by atoms with Gasteiger partial charge in [0.2, 0.25) is 0 Å². The minimum absolute atomic E-state index is 0.256. The van der Waals surface area contributed by atoms with Gasteiger partial charge in [-0.25, -0.2) is 0 Å². The first-order chi connectivity index (χ1) is 12.6. The van der Waals surface area contributed by atoms with Crippen LogP contribution in [0.5, 0.6) is 0 Å². The maximum Gasteiger partial charge on any atom is 0.193 e. The van der Waals surface area contributed by atoms with E-state index >= 15 is 0 Å². The van der Waals surface area contributed by atoms with E-state index in [1.807, 2.05) is 0 Å². The molecule has 4 nitrogen and oxygen atoms in total. The third kappa shape index (κ3) is 6.99. The van der Waals surface area contributed by atoms with Gasteiger partial charge in [-0.2, -0.15) is 0 Å². The van der Waals surface area contributed by atoms with E-state index in [-0.39, 0.29) is 6.61 Å². The number of hydrogen-bond acceptors (Lipinski definition) is 2. The molecule has 4 heteroatoms. The maximum atomic E-state index is 9.33. The summed E-state index contributed by atoms with van der Waals surface area (Å²) >= 11 is 0. The number of hydrogen-bond donors (Lipinski definition) is 2. The zero-order valence-electron chi connectivity index (χ0n) is 16.8. The molecule has 0 bridgehead atoms. The van der Waals surface area contributed by atoms with Crippen molar-refractivity contribution in [2.24, 2.45) is 22.7 Å². The Hall–Kier alpha value is -1.55. The second-order valence-electron chi connectivity index (χ2n) is 7.99. The lowest BCUT2D eigenvalue weighted by Gasteiger charge is -2.23. The van der Waals surface area contributed by atoms with Crippen LogP contribution in [0.1, 0.15) is 45.6 Å². The minimum atomic E-state index is 0.256. The molecule has 0 spiro atoms. The molecule has 1 heterocycles. The Morgan fingerprint density at radius 1 is 1.31 bits per heavy atom. The molecule has 1 saturated heterocycles. The summed E-state index contributed by atoms with van der Waals surface area (Å²) in [5.74, 6) is 2.86. The van der Waals surface area contributed by atoms with Gasteiger partial charge in [0.05, 0.1) is 0 Å². The highest BCUT2D eigenvalue weighted by atomic mass is 16.3. The lowest BCUT2D eigenvalue weighted by atomic mass is 9.94. The number of aliphatic hydroxyl groups is 1. The van der Waals surface area contributed by atoms with Crippen LogP contribution in [0.2, 0.25) is 0 Å². The van der Waals surface area contributed by atoms with Crippen molar-refractivity contribution >= 4 is 5.96 Å². The van der Waals surface area contributed by atoms with Gasteiger partial charge < -0.3 is 15.3 Å². The molecule has 26 heavy (non-hydrogen) atoms. The fourth-order valence-electron chi connectivity index (χ4n) is 3.91. The zero-order valence-corrected chi connectivity index (χ0v) is 16.8. The van der Waals surface area contributed by atoms with Gasteiger partial charge >= 0.3 is 0 Å². The van der Waals surface area contributed by atoms with Gasteiger partial charge in [-0.15, -0.1) is 0 Å². The molecule has 1 aromatic carbocycles. The van der Waals surface area contributed by atoms with E-state index < -0.39 is 0 Å². The fourth-order valence-corrected chi connectivity index (χ4v) is 3.91. The third-order valence-corrected chi connectivity index (χ3v) is 5.13. The fraction of sp³-hybridized carbons (Fsp3) is 0.682. The van der Waals surface area contributed by atoms with Crippen molar-refractivity contribution in [1.82, 2.24) is 10.2 Å². The average molecular weight is 360 g/mol. The number of nitrogens with one attached hydrogen (secondary N) is 1. The summed E-state index contributed by atoms with van der Waals surface area (Å²) in [5.41, 5.74) is 1.43. The zero-order chi connectivity index (χ0) is 18.8. The van der Waals surface area contributed by atoms with Crippen LogP contribution >= 0.6 is 0 Å². The summed E-state index contributed by atoms with van der Waals surface area (Å²) in [6.45, 7) is 10.7. The molecule has 0 saturated carbocycles. The molecule has 0 radical (unpaired) electrons. The largest absolute Gasteiger partial charge is 0.396 e. The first-order valence-corrected chi connectivity index (χ1v) is 10.3. The van der Waals surface area contributed by atoms with Gasteiger partial charge in [-0.1, -0.05) is 44.2 Å². The van der Waals surface area contributed by atoms with E-state index in [0.717, 1.165) is 51.4 Å². The van der Waals surface area contributed by atoms with Crippen LogP contribution in [0.25, 0.3) is 0 Å². The summed E-state index contributed by atoms with van der Waals surface area (Å²) < 4.78 is 0. The minimum Gasteiger partial charge on any atom is -0.396 e.